The molecule has 0 heterocycles. The average molecular weight is 126 g/mol. The summed E-state index contributed by atoms with van der Waals surface area (Å²) < 4.78 is 0. The molecule has 1 aliphatic carbocycles. The Balaban J connectivity index is 2.41. The summed E-state index contributed by atoms with van der Waals surface area (Å²) in [5, 5.41) is 9.26. The van der Waals surface area contributed by atoms with E-state index in [1.54, 1.807) is 0 Å². The Bertz CT molecular complexity index is 107. The molecular weight excluding hydrogens is 112 g/mol. The Labute approximate surface area is 56.4 Å². The van der Waals surface area contributed by atoms with Gasteiger partial charge < -0.3 is 5.11 Å². The van der Waals surface area contributed by atoms with Gasteiger partial charge in [0.05, 0.1) is 6.10 Å². The van der Waals surface area contributed by atoms with Crippen molar-refractivity contribution < 1.29 is 5.11 Å². The van der Waals surface area contributed by atoms with E-state index in [4.69, 9.17) is 0 Å². The van der Waals surface area contributed by atoms with Crippen LogP contribution in [0.1, 0.15) is 32.1 Å². The highest BCUT2D eigenvalue weighted by Gasteiger charge is 2.11. The van der Waals surface area contributed by atoms with E-state index in [0.29, 0.717) is 0 Å². The van der Waals surface area contributed by atoms with E-state index in [1.807, 2.05) is 0 Å². The number of hydrogen-bond acceptors (Lipinski definition) is 1. The van der Waals surface area contributed by atoms with Gasteiger partial charge in [0, 0.05) is 0 Å². The maximum absolute atomic E-state index is 9.26. The minimum Gasteiger partial charge on any atom is -0.389 e. The van der Waals surface area contributed by atoms with Crippen molar-refractivity contribution in [2.45, 2.75) is 38.2 Å². The van der Waals surface area contributed by atoms with Gasteiger partial charge in [-0.15, -0.1) is 0 Å². The molecule has 0 aromatic heterocycles. The first-order chi connectivity index (χ1) is 4.30. The van der Waals surface area contributed by atoms with Crippen molar-refractivity contribution >= 4 is 0 Å². The van der Waals surface area contributed by atoms with E-state index < -0.39 is 0 Å². The van der Waals surface area contributed by atoms with Crippen molar-refractivity contribution in [2.24, 2.45) is 0 Å². The van der Waals surface area contributed by atoms with Gasteiger partial charge in [0.25, 0.3) is 0 Å². The molecule has 0 aromatic carbocycles. The molecule has 1 rings (SSSR count). The second-order valence-electron chi connectivity index (χ2n) is 2.77. The topological polar surface area (TPSA) is 20.2 Å². The molecule has 1 N–H and O–H groups in total. The van der Waals surface area contributed by atoms with E-state index in [1.165, 1.54) is 19.3 Å². The lowest BCUT2D eigenvalue weighted by molar-refractivity contribution is 0.199. The predicted molar refractivity (Wildman–Crippen MR) is 38.2 cm³/mol. The first-order valence-corrected chi connectivity index (χ1v) is 3.66. The number of hydrogen-bond donors (Lipinski definition) is 1. The van der Waals surface area contributed by atoms with E-state index in [0.717, 1.165) is 18.4 Å². The Morgan fingerprint density at radius 1 is 1.33 bits per heavy atom. The smallest absolute Gasteiger partial charge is 0.0747 e. The summed E-state index contributed by atoms with van der Waals surface area (Å²) in [6.45, 7) is 3.81. The first kappa shape index (κ1) is 6.81. The van der Waals surface area contributed by atoms with Gasteiger partial charge >= 0.3 is 0 Å². The molecule has 0 unspecified atom stereocenters. The van der Waals surface area contributed by atoms with Gasteiger partial charge in [-0.2, -0.15) is 0 Å². The minimum absolute atomic E-state index is 0.201. The van der Waals surface area contributed by atoms with Crippen molar-refractivity contribution in [3.05, 3.63) is 12.2 Å². The highest BCUT2D eigenvalue weighted by atomic mass is 16.3. The zero-order valence-corrected chi connectivity index (χ0v) is 5.77. The van der Waals surface area contributed by atoms with Gasteiger partial charge in [0.1, 0.15) is 0 Å². The Morgan fingerprint density at radius 2 is 2.11 bits per heavy atom. The summed E-state index contributed by atoms with van der Waals surface area (Å²) in [7, 11) is 0. The quantitative estimate of drug-likeness (QED) is 0.388. The van der Waals surface area contributed by atoms with Crippen LogP contribution in [0, 0.1) is 0 Å². The Morgan fingerprint density at radius 3 is 2.89 bits per heavy atom. The van der Waals surface area contributed by atoms with Crippen molar-refractivity contribution in [1.29, 1.82) is 0 Å². The summed E-state index contributed by atoms with van der Waals surface area (Å²) in [6, 6.07) is 0. The standard InChI is InChI=1S/C8H14O/c1-7-5-3-2-4-6-8(7)9/h8-9H,1-6H2/t8-/m1/s1. The van der Waals surface area contributed by atoms with Gasteiger partial charge in [-0.3, -0.25) is 0 Å². The number of aliphatic hydroxyl groups excluding tert-OH is 1. The highest BCUT2D eigenvalue weighted by Crippen LogP contribution is 2.20. The van der Waals surface area contributed by atoms with Crippen LogP contribution in [0.4, 0.5) is 0 Å². The number of rotatable bonds is 0. The molecule has 1 fully saturated rings. The van der Waals surface area contributed by atoms with Crippen molar-refractivity contribution in [3.8, 4) is 0 Å². The van der Waals surface area contributed by atoms with Crippen LogP contribution in [0.3, 0.4) is 0 Å². The second-order valence-corrected chi connectivity index (χ2v) is 2.77. The molecule has 52 valence electrons. The SMILES string of the molecule is C=C1CCCCC[C@H]1O. The van der Waals surface area contributed by atoms with E-state index in [9.17, 15) is 5.11 Å². The van der Waals surface area contributed by atoms with Crippen LogP contribution in [0.5, 0.6) is 0 Å². The third-order valence-corrected chi connectivity index (χ3v) is 1.95. The van der Waals surface area contributed by atoms with Gasteiger partial charge in [-0.05, 0) is 24.8 Å². The summed E-state index contributed by atoms with van der Waals surface area (Å²) in [5.74, 6) is 0. The highest BCUT2D eigenvalue weighted by molar-refractivity contribution is 5.02. The van der Waals surface area contributed by atoms with Crippen molar-refractivity contribution in [1.82, 2.24) is 0 Å². The molecule has 1 heteroatoms. The fourth-order valence-electron chi connectivity index (χ4n) is 1.24. The molecule has 1 nitrogen and oxygen atoms in total. The maximum atomic E-state index is 9.26. The van der Waals surface area contributed by atoms with Crippen LogP contribution < -0.4 is 0 Å². The molecule has 0 bridgehead atoms. The molecule has 1 saturated carbocycles. The van der Waals surface area contributed by atoms with Crippen LogP contribution >= 0.6 is 0 Å². The largest absolute Gasteiger partial charge is 0.389 e. The molecule has 9 heavy (non-hydrogen) atoms. The van der Waals surface area contributed by atoms with E-state index in [2.05, 4.69) is 6.58 Å². The fraction of sp³-hybridized carbons (Fsp3) is 0.750. The monoisotopic (exact) mass is 126 g/mol. The van der Waals surface area contributed by atoms with E-state index in [-0.39, 0.29) is 6.10 Å². The second kappa shape index (κ2) is 3.02. The zero-order chi connectivity index (χ0) is 6.69. The molecular formula is C8H14O. The molecule has 1 atom stereocenters. The fourth-order valence-corrected chi connectivity index (χ4v) is 1.24. The molecule has 0 amide bonds. The summed E-state index contributed by atoms with van der Waals surface area (Å²) in [4.78, 5) is 0. The first-order valence-electron chi connectivity index (χ1n) is 3.66. The van der Waals surface area contributed by atoms with Crippen LogP contribution in [-0.4, -0.2) is 11.2 Å². The van der Waals surface area contributed by atoms with E-state index >= 15 is 0 Å². The van der Waals surface area contributed by atoms with Crippen molar-refractivity contribution in [3.63, 3.8) is 0 Å². The van der Waals surface area contributed by atoms with Gasteiger partial charge in [-0.1, -0.05) is 19.4 Å². The molecule has 0 saturated heterocycles. The normalized spacial score (nSPS) is 29.9. The van der Waals surface area contributed by atoms with Crippen LogP contribution in [-0.2, 0) is 0 Å². The van der Waals surface area contributed by atoms with Crippen LogP contribution in [0.25, 0.3) is 0 Å². The molecule has 0 spiro atoms. The predicted octanol–water partition coefficient (Wildman–Crippen LogP) is 1.87. The van der Waals surface area contributed by atoms with Gasteiger partial charge in [0.2, 0.25) is 0 Å². The summed E-state index contributed by atoms with van der Waals surface area (Å²) in [5.41, 5.74) is 1.03. The van der Waals surface area contributed by atoms with Crippen molar-refractivity contribution in [2.75, 3.05) is 0 Å². The zero-order valence-electron chi connectivity index (χ0n) is 5.77. The Hall–Kier alpha value is -0.300. The molecule has 0 radical (unpaired) electrons. The lowest BCUT2D eigenvalue weighted by Crippen LogP contribution is -2.06. The average Bonchev–Trinajstić information content (AvgIpc) is 1.99. The Kier molecular flexibility index (Phi) is 2.29. The third kappa shape index (κ3) is 1.83. The van der Waals surface area contributed by atoms with Gasteiger partial charge in [0.15, 0.2) is 0 Å². The maximum Gasteiger partial charge on any atom is 0.0747 e. The van der Waals surface area contributed by atoms with Crippen LogP contribution in [0.2, 0.25) is 0 Å². The summed E-state index contributed by atoms with van der Waals surface area (Å²) in [6.07, 6.45) is 5.40. The molecule has 1 aliphatic rings. The van der Waals surface area contributed by atoms with Gasteiger partial charge in [-0.25, -0.2) is 0 Å². The lowest BCUT2D eigenvalue weighted by atomic mass is 10.1. The molecule has 0 aliphatic heterocycles. The van der Waals surface area contributed by atoms with Crippen LogP contribution in [0.15, 0.2) is 12.2 Å². The summed E-state index contributed by atoms with van der Waals surface area (Å²) >= 11 is 0. The minimum atomic E-state index is -0.201. The number of aliphatic hydroxyl groups is 1. The third-order valence-electron chi connectivity index (χ3n) is 1.95. The molecule has 0 aromatic rings. The lowest BCUT2D eigenvalue weighted by Gasteiger charge is -2.07.